The lowest BCUT2D eigenvalue weighted by Gasteiger charge is -2.43. The Kier molecular flexibility index (Phi) is 8.34. The fourth-order valence-electron chi connectivity index (χ4n) is 2.98. The minimum Gasteiger partial charge on any atom is -0.467 e. The summed E-state index contributed by atoms with van der Waals surface area (Å²) in [6, 6.07) is 6.21. The fourth-order valence-corrected chi connectivity index (χ4v) is 2.98. The lowest BCUT2D eigenvalue weighted by atomic mass is 9.97. The van der Waals surface area contributed by atoms with Crippen molar-refractivity contribution >= 4 is 23.9 Å². The van der Waals surface area contributed by atoms with Crippen LogP contribution in [0.25, 0.3) is 0 Å². The second-order valence-electron chi connectivity index (χ2n) is 6.59. The average molecular weight is 440 g/mol. The molecule has 5 atom stereocenters. The Morgan fingerprint density at radius 2 is 1.39 bits per heavy atom. The Hall–Kier alpha value is -3.18. The standard InChI is InChI=1S/C20H24O11/c1-10(22)27-15-16(28-11(2)23)18(29-12(3)24)20(31-17(15)19(25)26-4)30-14-7-5-13(9-21)6-8-14/h5-8,15-18,20-21H,9H2,1-4H3/t15-,16-,17-,18+,20+/m0/s1. The molecule has 1 aliphatic rings. The zero-order valence-electron chi connectivity index (χ0n) is 17.4. The van der Waals surface area contributed by atoms with Gasteiger partial charge in [0.25, 0.3) is 0 Å². The number of carbonyl (C=O) groups excluding carboxylic acids is 4. The summed E-state index contributed by atoms with van der Waals surface area (Å²) < 4.78 is 31.8. The van der Waals surface area contributed by atoms with E-state index in [0.717, 1.165) is 27.9 Å². The smallest absolute Gasteiger partial charge is 0.339 e. The normalized spacial score (nSPS) is 25.1. The van der Waals surface area contributed by atoms with Crippen LogP contribution < -0.4 is 4.74 Å². The minimum absolute atomic E-state index is 0.181. The van der Waals surface area contributed by atoms with Crippen LogP contribution in [0.4, 0.5) is 0 Å². The maximum absolute atomic E-state index is 12.3. The second-order valence-corrected chi connectivity index (χ2v) is 6.59. The summed E-state index contributed by atoms with van der Waals surface area (Å²) >= 11 is 0. The number of aliphatic hydroxyl groups is 1. The van der Waals surface area contributed by atoms with Gasteiger partial charge in [-0.1, -0.05) is 12.1 Å². The van der Waals surface area contributed by atoms with Gasteiger partial charge in [0.2, 0.25) is 12.4 Å². The largest absolute Gasteiger partial charge is 0.467 e. The third-order valence-corrected chi connectivity index (χ3v) is 4.19. The average Bonchev–Trinajstić information content (AvgIpc) is 2.71. The molecule has 1 saturated heterocycles. The van der Waals surface area contributed by atoms with E-state index in [1.165, 1.54) is 12.1 Å². The highest BCUT2D eigenvalue weighted by molar-refractivity contribution is 5.77. The van der Waals surface area contributed by atoms with Gasteiger partial charge in [-0.2, -0.15) is 0 Å². The summed E-state index contributed by atoms with van der Waals surface area (Å²) in [5.41, 5.74) is 0.619. The van der Waals surface area contributed by atoms with E-state index in [9.17, 15) is 19.2 Å². The molecule has 1 fully saturated rings. The molecule has 1 aliphatic heterocycles. The summed E-state index contributed by atoms with van der Waals surface area (Å²) in [6.45, 7) is 3.12. The summed E-state index contributed by atoms with van der Waals surface area (Å²) in [6.07, 6.45) is -7.24. The maximum atomic E-state index is 12.3. The molecule has 0 radical (unpaired) electrons. The number of aliphatic hydroxyl groups excluding tert-OH is 1. The molecule has 1 N–H and O–H groups in total. The SMILES string of the molecule is COC(=O)[C@H]1O[C@@H](Oc2ccc(CO)cc2)[C@H](OC(C)=O)[C@@H](OC(C)=O)[C@@H]1OC(C)=O. The molecule has 0 bridgehead atoms. The topological polar surface area (TPSA) is 144 Å². The van der Waals surface area contributed by atoms with Gasteiger partial charge in [-0.3, -0.25) is 14.4 Å². The molecule has 0 saturated carbocycles. The van der Waals surface area contributed by atoms with Crippen molar-refractivity contribution in [3.63, 3.8) is 0 Å². The third-order valence-electron chi connectivity index (χ3n) is 4.19. The summed E-state index contributed by atoms with van der Waals surface area (Å²) in [5.74, 6) is -3.01. The van der Waals surface area contributed by atoms with E-state index >= 15 is 0 Å². The van der Waals surface area contributed by atoms with Crippen molar-refractivity contribution in [2.24, 2.45) is 0 Å². The monoisotopic (exact) mass is 440 g/mol. The minimum atomic E-state index is -1.54. The molecule has 170 valence electrons. The van der Waals surface area contributed by atoms with E-state index in [4.69, 9.17) is 33.5 Å². The lowest BCUT2D eigenvalue weighted by Crippen LogP contribution is -2.64. The van der Waals surface area contributed by atoms with Crippen LogP contribution in [0.5, 0.6) is 5.75 Å². The predicted octanol–water partition coefficient (Wildman–Crippen LogP) is 0.251. The van der Waals surface area contributed by atoms with Crippen molar-refractivity contribution in [1.82, 2.24) is 0 Å². The molecule has 0 spiro atoms. The van der Waals surface area contributed by atoms with E-state index in [2.05, 4.69) is 0 Å². The Labute approximate surface area is 178 Å². The van der Waals surface area contributed by atoms with E-state index in [0.29, 0.717) is 5.56 Å². The second kappa shape index (κ2) is 10.7. The molecular formula is C20H24O11. The van der Waals surface area contributed by atoms with Crippen LogP contribution in [-0.4, -0.2) is 66.8 Å². The molecule has 11 heteroatoms. The fraction of sp³-hybridized carbons (Fsp3) is 0.500. The number of hydrogen-bond donors (Lipinski definition) is 1. The highest BCUT2D eigenvalue weighted by Gasteiger charge is 2.55. The van der Waals surface area contributed by atoms with Crippen LogP contribution in [0.2, 0.25) is 0 Å². The van der Waals surface area contributed by atoms with Gasteiger partial charge < -0.3 is 33.5 Å². The van der Waals surface area contributed by atoms with Crippen LogP contribution in [-0.2, 0) is 49.5 Å². The molecule has 0 aliphatic carbocycles. The number of ether oxygens (including phenoxy) is 6. The van der Waals surface area contributed by atoms with E-state index in [1.54, 1.807) is 12.1 Å². The molecular weight excluding hydrogens is 416 g/mol. The molecule has 1 aromatic rings. The molecule has 0 unspecified atom stereocenters. The van der Waals surface area contributed by atoms with Gasteiger partial charge in [0.15, 0.2) is 18.3 Å². The zero-order valence-corrected chi connectivity index (χ0v) is 17.4. The number of carbonyl (C=O) groups is 4. The van der Waals surface area contributed by atoms with Crippen molar-refractivity contribution in [1.29, 1.82) is 0 Å². The first-order chi connectivity index (χ1) is 14.7. The number of rotatable bonds is 7. The van der Waals surface area contributed by atoms with Gasteiger partial charge >= 0.3 is 23.9 Å². The molecule has 1 aromatic carbocycles. The van der Waals surface area contributed by atoms with Gasteiger partial charge in [-0.05, 0) is 17.7 Å². The molecule has 31 heavy (non-hydrogen) atoms. The van der Waals surface area contributed by atoms with Crippen molar-refractivity contribution < 1.29 is 52.7 Å². The van der Waals surface area contributed by atoms with Gasteiger partial charge in [0, 0.05) is 20.8 Å². The summed E-state index contributed by atoms with van der Waals surface area (Å²) in [5, 5.41) is 9.17. The molecule has 11 nitrogen and oxygen atoms in total. The van der Waals surface area contributed by atoms with Gasteiger partial charge in [0.05, 0.1) is 13.7 Å². The molecule has 2 rings (SSSR count). The van der Waals surface area contributed by atoms with Crippen LogP contribution in [0.3, 0.4) is 0 Å². The molecule has 0 amide bonds. The highest BCUT2D eigenvalue weighted by atomic mass is 16.7. The van der Waals surface area contributed by atoms with Gasteiger partial charge in [-0.25, -0.2) is 4.79 Å². The van der Waals surface area contributed by atoms with Gasteiger partial charge in [-0.15, -0.1) is 0 Å². The number of esters is 4. The number of benzene rings is 1. The van der Waals surface area contributed by atoms with Gasteiger partial charge in [0.1, 0.15) is 5.75 Å². The Balaban J connectivity index is 2.46. The van der Waals surface area contributed by atoms with Crippen molar-refractivity contribution in [3.05, 3.63) is 29.8 Å². The third kappa shape index (κ3) is 6.40. The molecule has 1 heterocycles. The van der Waals surface area contributed by atoms with Crippen LogP contribution in [0, 0.1) is 0 Å². The zero-order chi connectivity index (χ0) is 23.1. The number of hydrogen-bond acceptors (Lipinski definition) is 11. The quantitative estimate of drug-likeness (QED) is 0.460. The highest BCUT2D eigenvalue weighted by Crippen LogP contribution is 2.31. The Bertz CT molecular complexity index is 804. The van der Waals surface area contributed by atoms with Crippen molar-refractivity contribution in [3.8, 4) is 5.75 Å². The Morgan fingerprint density at radius 1 is 0.871 bits per heavy atom. The first-order valence-corrected chi connectivity index (χ1v) is 9.27. The first-order valence-electron chi connectivity index (χ1n) is 9.27. The van der Waals surface area contributed by atoms with E-state index < -0.39 is 54.6 Å². The van der Waals surface area contributed by atoms with E-state index in [-0.39, 0.29) is 12.4 Å². The van der Waals surface area contributed by atoms with Crippen molar-refractivity contribution in [2.45, 2.75) is 58.1 Å². The van der Waals surface area contributed by atoms with E-state index in [1.807, 2.05) is 0 Å². The van der Waals surface area contributed by atoms with Crippen LogP contribution in [0.15, 0.2) is 24.3 Å². The maximum Gasteiger partial charge on any atom is 0.339 e. The molecule has 0 aromatic heterocycles. The van der Waals surface area contributed by atoms with Crippen LogP contribution >= 0.6 is 0 Å². The Morgan fingerprint density at radius 3 is 1.87 bits per heavy atom. The van der Waals surface area contributed by atoms with Crippen molar-refractivity contribution in [2.75, 3.05) is 7.11 Å². The number of methoxy groups -OCH3 is 1. The summed E-state index contributed by atoms with van der Waals surface area (Å²) in [7, 11) is 1.10. The first kappa shape index (κ1) is 24.1. The lowest BCUT2D eigenvalue weighted by molar-refractivity contribution is -0.282. The van der Waals surface area contributed by atoms with Crippen LogP contribution in [0.1, 0.15) is 26.3 Å². The predicted molar refractivity (Wildman–Crippen MR) is 100 cm³/mol. The summed E-state index contributed by atoms with van der Waals surface area (Å²) in [4.78, 5) is 47.4.